The van der Waals surface area contributed by atoms with E-state index in [9.17, 15) is 4.79 Å². The standard InChI is InChI=1S/C24H24ClN3O2S/c1-3-14-30-21-7-5-4-6-18(21)15-22-23(29)26-24(31-22)28-12-10-27(11-13-28)19-9-8-17(2)20(25)16-19/h3-9,15-16H,1,10-14H2,2H3. The van der Waals surface area contributed by atoms with E-state index >= 15 is 0 Å². The number of nitrogens with zero attached hydrogens (tertiary/aromatic N) is 3. The Balaban J connectivity index is 1.41. The number of aryl methyl sites for hydroxylation is 1. The Morgan fingerprint density at radius 2 is 1.90 bits per heavy atom. The van der Waals surface area contributed by atoms with E-state index in [1.807, 2.05) is 49.4 Å². The molecule has 1 amide bonds. The van der Waals surface area contributed by atoms with Gasteiger partial charge in [0.15, 0.2) is 5.17 Å². The van der Waals surface area contributed by atoms with Crippen molar-refractivity contribution in [3.63, 3.8) is 0 Å². The summed E-state index contributed by atoms with van der Waals surface area (Å²) in [7, 11) is 0. The van der Waals surface area contributed by atoms with Gasteiger partial charge in [0, 0.05) is 42.5 Å². The third kappa shape index (κ3) is 4.97. The van der Waals surface area contributed by atoms with Gasteiger partial charge in [-0.15, -0.1) is 0 Å². The molecule has 0 saturated carbocycles. The molecule has 0 radical (unpaired) electrons. The average Bonchev–Trinajstić information content (AvgIpc) is 3.15. The van der Waals surface area contributed by atoms with Crippen LogP contribution in [0.3, 0.4) is 0 Å². The molecule has 2 aromatic carbocycles. The maximum absolute atomic E-state index is 12.5. The number of halogens is 1. The van der Waals surface area contributed by atoms with Gasteiger partial charge >= 0.3 is 0 Å². The van der Waals surface area contributed by atoms with E-state index in [1.165, 1.54) is 11.8 Å². The molecule has 31 heavy (non-hydrogen) atoms. The van der Waals surface area contributed by atoms with Gasteiger partial charge in [0.2, 0.25) is 0 Å². The number of hydrogen-bond acceptors (Lipinski definition) is 5. The second-order valence-electron chi connectivity index (χ2n) is 7.36. The molecule has 2 aromatic rings. The van der Waals surface area contributed by atoms with Gasteiger partial charge in [0.25, 0.3) is 5.91 Å². The van der Waals surface area contributed by atoms with Crippen molar-refractivity contribution in [3.8, 4) is 5.75 Å². The summed E-state index contributed by atoms with van der Waals surface area (Å²) >= 11 is 7.71. The third-order valence-electron chi connectivity index (χ3n) is 5.24. The van der Waals surface area contributed by atoms with E-state index in [4.69, 9.17) is 16.3 Å². The van der Waals surface area contributed by atoms with Crippen molar-refractivity contribution in [2.45, 2.75) is 6.92 Å². The molecule has 4 rings (SSSR count). The van der Waals surface area contributed by atoms with Crippen molar-refractivity contribution in [2.24, 2.45) is 4.99 Å². The lowest BCUT2D eigenvalue weighted by Gasteiger charge is -2.36. The van der Waals surface area contributed by atoms with E-state index in [1.54, 1.807) is 6.08 Å². The Labute approximate surface area is 192 Å². The van der Waals surface area contributed by atoms with Gasteiger partial charge in [0.05, 0.1) is 4.91 Å². The summed E-state index contributed by atoms with van der Waals surface area (Å²) in [6, 6.07) is 13.8. The zero-order valence-corrected chi connectivity index (χ0v) is 19.0. The van der Waals surface area contributed by atoms with Crippen LogP contribution in [-0.2, 0) is 4.79 Å². The molecule has 5 nitrogen and oxygen atoms in total. The normalized spacial score (nSPS) is 17.8. The second-order valence-corrected chi connectivity index (χ2v) is 8.77. The fraction of sp³-hybridized carbons (Fsp3) is 0.250. The molecule has 0 N–H and O–H groups in total. The molecule has 0 atom stereocenters. The molecule has 7 heteroatoms. The van der Waals surface area contributed by atoms with E-state index in [2.05, 4.69) is 27.4 Å². The minimum absolute atomic E-state index is 0.203. The SMILES string of the molecule is C=CCOc1ccccc1C=C1SC(N2CCN(c3ccc(C)c(Cl)c3)CC2)=NC1=O. The van der Waals surface area contributed by atoms with Crippen molar-refractivity contribution in [2.75, 3.05) is 37.7 Å². The number of anilines is 1. The molecule has 1 fully saturated rings. The molecule has 0 unspecified atom stereocenters. The minimum atomic E-state index is -0.203. The van der Waals surface area contributed by atoms with Crippen LogP contribution in [0.25, 0.3) is 6.08 Å². The molecule has 2 heterocycles. The summed E-state index contributed by atoms with van der Waals surface area (Å²) in [6.45, 7) is 9.41. The number of amidine groups is 1. The smallest absolute Gasteiger partial charge is 0.286 e. The van der Waals surface area contributed by atoms with Crippen LogP contribution in [0.15, 0.2) is 65.0 Å². The number of piperazine rings is 1. The number of amides is 1. The number of hydrogen-bond donors (Lipinski definition) is 0. The van der Waals surface area contributed by atoms with E-state index in [-0.39, 0.29) is 5.91 Å². The Bertz CT molecular complexity index is 1060. The lowest BCUT2D eigenvalue weighted by atomic mass is 10.2. The predicted octanol–water partition coefficient (Wildman–Crippen LogP) is 5.01. The van der Waals surface area contributed by atoms with Crippen LogP contribution in [0.4, 0.5) is 5.69 Å². The van der Waals surface area contributed by atoms with E-state index in [0.29, 0.717) is 11.5 Å². The third-order valence-corrected chi connectivity index (χ3v) is 6.69. The first-order valence-electron chi connectivity index (χ1n) is 10.2. The van der Waals surface area contributed by atoms with Crippen LogP contribution < -0.4 is 9.64 Å². The van der Waals surface area contributed by atoms with E-state index < -0.39 is 0 Å². The largest absolute Gasteiger partial charge is 0.489 e. The minimum Gasteiger partial charge on any atom is -0.489 e. The molecule has 0 bridgehead atoms. The quantitative estimate of drug-likeness (QED) is 0.470. The summed E-state index contributed by atoms with van der Waals surface area (Å²) in [5.41, 5.74) is 3.07. The van der Waals surface area contributed by atoms with Crippen molar-refractivity contribution >= 4 is 46.2 Å². The number of para-hydroxylation sites is 1. The topological polar surface area (TPSA) is 45.1 Å². The van der Waals surface area contributed by atoms with Crippen molar-refractivity contribution in [1.29, 1.82) is 0 Å². The monoisotopic (exact) mass is 453 g/mol. The maximum Gasteiger partial charge on any atom is 0.286 e. The fourth-order valence-electron chi connectivity index (χ4n) is 3.49. The van der Waals surface area contributed by atoms with Crippen LogP contribution in [0.1, 0.15) is 11.1 Å². The molecular weight excluding hydrogens is 430 g/mol. The van der Waals surface area contributed by atoms with Crippen LogP contribution >= 0.6 is 23.4 Å². The number of ether oxygens (including phenoxy) is 1. The number of carbonyl (C=O) groups excluding carboxylic acids is 1. The zero-order valence-electron chi connectivity index (χ0n) is 17.4. The van der Waals surface area contributed by atoms with Crippen LogP contribution in [0.2, 0.25) is 5.02 Å². The average molecular weight is 454 g/mol. The number of rotatable bonds is 5. The van der Waals surface area contributed by atoms with Gasteiger partial charge < -0.3 is 14.5 Å². The van der Waals surface area contributed by atoms with Crippen molar-refractivity contribution < 1.29 is 9.53 Å². The van der Waals surface area contributed by atoms with Gasteiger partial charge in [0.1, 0.15) is 12.4 Å². The van der Waals surface area contributed by atoms with Gasteiger partial charge in [-0.05, 0) is 48.5 Å². The molecule has 0 aromatic heterocycles. The number of aliphatic imine (C=N–C) groups is 1. The highest BCUT2D eigenvalue weighted by Crippen LogP contribution is 2.33. The van der Waals surface area contributed by atoms with Gasteiger partial charge in [-0.2, -0.15) is 4.99 Å². The summed E-state index contributed by atoms with van der Waals surface area (Å²) in [5, 5.41) is 1.55. The number of carbonyl (C=O) groups is 1. The van der Waals surface area contributed by atoms with Gasteiger partial charge in [-0.3, -0.25) is 4.79 Å². The Morgan fingerprint density at radius 3 is 2.65 bits per heavy atom. The molecule has 2 aliphatic rings. The van der Waals surface area contributed by atoms with Gasteiger partial charge in [-0.1, -0.05) is 48.5 Å². The number of thioether (sulfide) groups is 1. The van der Waals surface area contributed by atoms with E-state index in [0.717, 1.165) is 58.9 Å². The van der Waals surface area contributed by atoms with Crippen LogP contribution in [0, 0.1) is 6.92 Å². The Morgan fingerprint density at radius 1 is 1.16 bits per heavy atom. The predicted molar refractivity (Wildman–Crippen MR) is 130 cm³/mol. The summed E-state index contributed by atoms with van der Waals surface area (Å²) in [4.78, 5) is 21.9. The Hall–Kier alpha value is -2.70. The zero-order chi connectivity index (χ0) is 21.8. The maximum atomic E-state index is 12.5. The lowest BCUT2D eigenvalue weighted by molar-refractivity contribution is -0.113. The highest BCUT2D eigenvalue weighted by atomic mass is 35.5. The Kier molecular flexibility index (Phi) is 6.68. The summed E-state index contributed by atoms with van der Waals surface area (Å²) in [6.07, 6.45) is 3.55. The molecule has 0 aliphatic carbocycles. The lowest BCUT2D eigenvalue weighted by Crippen LogP contribution is -2.47. The molecule has 0 spiro atoms. The molecule has 160 valence electrons. The highest BCUT2D eigenvalue weighted by molar-refractivity contribution is 8.18. The molecular formula is C24H24ClN3O2S. The first-order chi connectivity index (χ1) is 15.0. The molecule has 2 aliphatic heterocycles. The fourth-order valence-corrected chi connectivity index (χ4v) is 4.62. The van der Waals surface area contributed by atoms with Crippen molar-refractivity contribution in [1.82, 2.24) is 4.90 Å². The first kappa shape index (κ1) is 21.5. The second kappa shape index (κ2) is 9.62. The van der Waals surface area contributed by atoms with Crippen LogP contribution in [-0.4, -0.2) is 48.8 Å². The van der Waals surface area contributed by atoms with Crippen LogP contribution in [0.5, 0.6) is 5.75 Å². The highest BCUT2D eigenvalue weighted by Gasteiger charge is 2.28. The first-order valence-corrected chi connectivity index (χ1v) is 11.4. The number of benzene rings is 2. The summed E-state index contributed by atoms with van der Waals surface area (Å²) < 4.78 is 5.70. The van der Waals surface area contributed by atoms with Crippen molar-refractivity contribution in [3.05, 3.63) is 76.2 Å². The molecule has 1 saturated heterocycles. The summed E-state index contributed by atoms with van der Waals surface area (Å²) in [5.74, 6) is 0.522. The van der Waals surface area contributed by atoms with Gasteiger partial charge in [-0.25, -0.2) is 0 Å².